The van der Waals surface area contributed by atoms with Crippen molar-refractivity contribution >= 4 is 29.4 Å². The van der Waals surface area contributed by atoms with Crippen molar-refractivity contribution in [1.29, 1.82) is 0 Å². The van der Waals surface area contributed by atoms with Crippen LogP contribution in [0.3, 0.4) is 0 Å². The Balaban J connectivity index is 1.47. The van der Waals surface area contributed by atoms with Gasteiger partial charge < -0.3 is 10.6 Å². The molecule has 6 nitrogen and oxygen atoms in total. The number of Topliss-reactive ketones (excluding diaryl/α,β-unsaturated/α-hetero) is 1. The second-order valence-corrected chi connectivity index (χ2v) is 12.4. The normalized spacial score (nSPS) is 18.2. The highest BCUT2D eigenvalue weighted by Crippen LogP contribution is 2.30. The molecule has 0 saturated heterocycles. The van der Waals surface area contributed by atoms with E-state index in [4.69, 9.17) is 0 Å². The summed E-state index contributed by atoms with van der Waals surface area (Å²) in [6, 6.07) is 15.0. The summed E-state index contributed by atoms with van der Waals surface area (Å²) >= 11 is 1.84. The molecule has 1 heterocycles. The Kier molecular flexibility index (Phi) is 9.66. The van der Waals surface area contributed by atoms with E-state index >= 15 is 0 Å². The maximum Gasteiger partial charge on any atom is 0.252 e. The smallest absolute Gasteiger partial charge is 0.252 e. The zero-order valence-electron chi connectivity index (χ0n) is 22.9. The lowest BCUT2D eigenvalue weighted by atomic mass is 9.80. The number of amides is 2. The van der Waals surface area contributed by atoms with Crippen LogP contribution in [0.4, 0.5) is 0 Å². The van der Waals surface area contributed by atoms with Gasteiger partial charge in [0.15, 0.2) is 5.78 Å². The van der Waals surface area contributed by atoms with Crippen LogP contribution >= 0.6 is 11.8 Å². The van der Waals surface area contributed by atoms with E-state index in [1.165, 1.54) is 16.0 Å². The lowest BCUT2D eigenvalue weighted by Crippen LogP contribution is -2.62. The van der Waals surface area contributed by atoms with E-state index in [2.05, 4.69) is 54.5 Å². The SMILES string of the molecule is Cc1ccc2c(c1)SCCN(CC(=O)[C@H](CC(C)C)NC(=O)C1(NC(=O)c3ccccc3)CCCCC1)C2. The topological polar surface area (TPSA) is 78.5 Å². The van der Waals surface area contributed by atoms with E-state index in [1.807, 2.05) is 30.0 Å². The van der Waals surface area contributed by atoms with Gasteiger partial charge in [0.1, 0.15) is 5.54 Å². The van der Waals surface area contributed by atoms with E-state index in [0.717, 1.165) is 38.1 Å². The second-order valence-electron chi connectivity index (χ2n) is 11.3. The Morgan fingerprint density at radius 1 is 1.03 bits per heavy atom. The van der Waals surface area contributed by atoms with Gasteiger partial charge >= 0.3 is 0 Å². The Bertz CT molecular complexity index is 1130. The maximum atomic E-state index is 13.8. The van der Waals surface area contributed by atoms with Gasteiger partial charge in [0, 0.05) is 29.3 Å². The fourth-order valence-electron chi connectivity index (χ4n) is 5.48. The number of hydrogen-bond acceptors (Lipinski definition) is 5. The molecule has 1 fully saturated rings. The molecule has 2 aromatic rings. The molecule has 0 aromatic heterocycles. The highest BCUT2D eigenvalue weighted by molar-refractivity contribution is 7.99. The highest BCUT2D eigenvalue weighted by Gasteiger charge is 2.42. The van der Waals surface area contributed by atoms with Crippen LogP contribution in [0.15, 0.2) is 53.4 Å². The van der Waals surface area contributed by atoms with Crippen LogP contribution in [0, 0.1) is 12.8 Å². The third-order valence-electron chi connectivity index (χ3n) is 7.59. The summed E-state index contributed by atoms with van der Waals surface area (Å²) in [6.45, 7) is 8.10. The first-order chi connectivity index (χ1) is 18.3. The van der Waals surface area contributed by atoms with Crippen molar-refractivity contribution in [2.45, 2.75) is 82.3 Å². The molecule has 0 radical (unpaired) electrons. The average Bonchev–Trinajstić information content (AvgIpc) is 3.10. The van der Waals surface area contributed by atoms with Crippen LogP contribution < -0.4 is 10.6 Å². The molecule has 4 rings (SSSR count). The minimum absolute atomic E-state index is 0.0351. The predicted octanol–water partition coefficient (Wildman–Crippen LogP) is 5.14. The van der Waals surface area contributed by atoms with Gasteiger partial charge in [0.05, 0.1) is 12.6 Å². The van der Waals surface area contributed by atoms with Gasteiger partial charge in [-0.1, -0.05) is 63.4 Å². The summed E-state index contributed by atoms with van der Waals surface area (Å²) in [6.07, 6.45) is 4.52. The summed E-state index contributed by atoms with van der Waals surface area (Å²) in [5, 5.41) is 6.19. The summed E-state index contributed by atoms with van der Waals surface area (Å²) in [4.78, 5) is 44.0. The second kappa shape index (κ2) is 12.9. The minimum Gasteiger partial charge on any atom is -0.344 e. The van der Waals surface area contributed by atoms with Crippen LogP contribution in [0.25, 0.3) is 0 Å². The number of rotatable bonds is 9. The average molecular weight is 536 g/mol. The van der Waals surface area contributed by atoms with Crippen molar-refractivity contribution in [2.24, 2.45) is 5.92 Å². The van der Waals surface area contributed by atoms with Gasteiger partial charge in [0.2, 0.25) is 5.91 Å². The molecule has 2 aliphatic rings. The van der Waals surface area contributed by atoms with Crippen molar-refractivity contribution < 1.29 is 14.4 Å². The number of thioether (sulfide) groups is 1. The number of nitrogens with one attached hydrogen (secondary N) is 2. The monoisotopic (exact) mass is 535 g/mol. The molecule has 7 heteroatoms. The summed E-state index contributed by atoms with van der Waals surface area (Å²) in [5.41, 5.74) is 2.04. The van der Waals surface area contributed by atoms with Gasteiger partial charge in [-0.2, -0.15) is 0 Å². The molecule has 1 aliphatic heterocycles. The van der Waals surface area contributed by atoms with Gasteiger partial charge in [-0.05, 0) is 61.4 Å². The summed E-state index contributed by atoms with van der Waals surface area (Å²) < 4.78 is 0. The number of carbonyl (C=O) groups excluding carboxylic acids is 3. The first kappa shape index (κ1) is 28.4. The highest BCUT2D eigenvalue weighted by atomic mass is 32.2. The molecule has 38 heavy (non-hydrogen) atoms. The standard InChI is InChI=1S/C31H41N3O3S/c1-22(2)18-26(27(35)21-34-16-17-38-28-19-23(3)12-13-25(28)20-34)32-30(37)31(14-8-5-9-15-31)33-29(36)24-10-6-4-7-11-24/h4,6-7,10-13,19,22,26H,5,8-9,14-18,20-21H2,1-3H3,(H,32,37)(H,33,36)/t26-/m0/s1. The van der Waals surface area contributed by atoms with E-state index < -0.39 is 11.6 Å². The lowest BCUT2D eigenvalue weighted by molar-refractivity contribution is -0.133. The molecule has 2 aromatic carbocycles. The molecule has 0 unspecified atom stereocenters. The number of fused-ring (bicyclic) bond motifs is 1. The zero-order chi connectivity index (χ0) is 27.1. The van der Waals surface area contributed by atoms with Gasteiger partial charge in [-0.15, -0.1) is 11.8 Å². The third kappa shape index (κ3) is 7.26. The van der Waals surface area contributed by atoms with Gasteiger partial charge in [0.25, 0.3) is 5.91 Å². The van der Waals surface area contributed by atoms with Gasteiger partial charge in [-0.25, -0.2) is 0 Å². The van der Waals surface area contributed by atoms with Crippen molar-refractivity contribution in [3.05, 3.63) is 65.2 Å². The Morgan fingerprint density at radius 2 is 1.76 bits per heavy atom. The zero-order valence-corrected chi connectivity index (χ0v) is 23.7. The lowest BCUT2D eigenvalue weighted by Gasteiger charge is -2.38. The minimum atomic E-state index is -0.989. The summed E-state index contributed by atoms with van der Waals surface area (Å²) in [5.74, 6) is 0.736. The summed E-state index contributed by atoms with van der Waals surface area (Å²) in [7, 11) is 0. The van der Waals surface area contributed by atoms with Crippen molar-refractivity contribution in [3.8, 4) is 0 Å². The van der Waals surface area contributed by atoms with Crippen LogP contribution in [-0.4, -0.2) is 52.9 Å². The molecule has 1 saturated carbocycles. The molecule has 0 spiro atoms. The largest absolute Gasteiger partial charge is 0.344 e. The quantitative estimate of drug-likeness (QED) is 0.465. The maximum absolute atomic E-state index is 13.8. The van der Waals surface area contributed by atoms with Crippen LogP contribution in [-0.2, 0) is 16.1 Å². The molecule has 2 N–H and O–H groups in total. The van der Waals surface area contributed by atoms with E-state index in [0.29, 0.717) is 31.4 Å². The van der Waals surface area contributed by atoms with Crippen LogP contribution in [0.2, 0.25) is 0 Å². The van der Waals surface area contributed by atoms with E-state index in [1.54, 1.807) is 12.1 Å². The van der Waals surface area contributed by atoms with Crippen LogP contribution in [0.1, 0.15) is 73.9 Å². The van der Waals surface area contributed by atoms with Crippen LogP contribution in [0.5, 0.6) is 0 Å². The third-order valence-corrected chi connectivity index (χ3v) is 8.67. The number of aryl methyl sites for hydroxylation is 1. The molecule has 2 amide bonds. The van der Waals surface area contributed by atoms with E-state index in [-0.39, 0.29) is 23.5 Å². The fourth-order valence-corrected chi connectivity index (χ4v) is 6.64. The molecular formula is C31H41N3O3S. The number of ketones is 1. The van der Waals surface area contributed by atoms with Gasteiger partial charge in [-0.3, -0.25) is 19.3 Å². The first-order valence-electron chi connectivity index (χ1n) is 13.9. The number of carbonyl (C=O) groups is 3. The van der Waals surface area contributed by atoms with Crippen molar-refractivity contribution in [1.82, 2.24) is 15.5 Å². The molecular weight excluding hydrogens is 494 g/mol. The predicted molar refractivity (Wildman–Crippen MR) is 153 cm³/mol. The Hall–Kier alpha value is -2.64. The molecule has 204 valence electrons. The van der Waals surface area contributed by atoms with E-state index in [9.17, 15) is 14.4 Å². The molecule has 1 atom stereocenters. The fraction of sp³-hybridized carbons (Fsp3) is 0.516. The molecule has 0 bridgehead atoms. The molecule has 1 aliphatic carbocycles. The van der Waals surface area contributed by atoms with Crippen molar-refractivity contribution in [3.63, 3.8) is 0 Å². The number of hydrogen-bond donors (Lipinski definition) is 2. The number of benzene rings is 2. The first-order valence-corrected chi connectivity index (χ1v) is 14.9. The van der Waals surface area contributed by atoms with Crippen molar-refractivity contribution in [2.75, 3.05) is 18.8 Å². The Morgan fingerprint density at radius 3 is 2.47 bits per heavy atom. The number of nitrogens with zero attached hydrogens (tertiary/aromatic N) is 1. The Labute approximate surface area is 231 Å².